The number of rotatable bonds is 4. The van der Waals surface area contributed by atoms with Crippen LogP contribution in [0.25, 0.3) is 0 Å². The van der Waals surface area contributed by atoms with Crippen molar-refractivity contribution in [3.8, 4) is 0 Å². The van der Waals surface area contributed by atoms with E-state index >= 15 is 0 Å². The minimum Gasteiger partial charge on any atom is -0.370 e. The topological polar surface area (TPSA) is 66.9 Å². The highest BCUT2D eigenvalue weighted by molar-refractivity contribution is 6.02. The summed E-state index contributed by atoms with van der Waals surface area (Å²) in [5, 5.41) is 5.57. The van der Waals surface area contributed by atoms with E-state index < -0.39 is 5.82 Å². The summed E-state index contributed by atoms with van der Waals surface area (Å²) in [7, 11) is 0. The molecule has 0 bridgehead atoms. The highest BCUT2D eigenvalue weighted by atomic mass is 19.1. The van der Waals surface area contributed by atoms with Crippen LogP contribution in [-0.2, 0) is 0 Å². The molecule has 0 spiro atoms. The van der Waals surface area contributed by atoms with Crippen LogP contribution in [0.2, 0.25) is 0 Å². The molecule has 19 heavy (non-hydrogen) atoms. The number of pyridine rings is 2. The Morgan fingerprint density at radius 2 is 2.11 bits per heavy atom. The quantitative estimate of drug-likeness (QED) is 0.885. The Morgan fingerprint density at radius 1 is 1.26 bits per heavy atom. The molecule has 1 amide bonds. The van der Waals surface area contributed by atoms with E-state index in [1.165, 1.54) is 12.1 Å². The second-order valence-electron chi connectivity index (χ2n) is 3.75. The Morgan fingerprint density at radius 3 is 2.79 bits per heavy atom. The Balaban J connectivity index is 2.11. The van der Waals surface area contributed by atoms with E-state index in [0.29, 0.717) is 5.82 Å². The number of carbonyl (C=O) groups is 1. The molecule has 0 aromatic carbocycles. The molecule has 0 aliphatic carbocycles. The second kappa shape index (κ2) is 5.90. The summed E-state index contributed by atoms with van der Waals surface area (Å²) >= 11 is 0. The van der Waals surface area contributed by atoms with Crippen molar-refractivity contribution in [2.75, 3.05) is 17.2 Å². The molecule has 2 rings (SSSR count). The van der Waals surface area contributed by atoms with Crippen LogP contribution in [0.4, 0.5) is 16.0 Å². The van der Waals surface area contributed by atoms with Gasteiger partial charge in [-0.25, -0.2) is 14.4 Å². The van der Waals surface area contributed by atoms with Gasteiger partial charge in [0.25, 0.3) is 5.91 Å². The fourth-order valence-corrected chi connectivity index (χ4v) is 1.47. The van der Waals surface area contributed by atoms with E-state index in [0.717, 1.165) is 12.7 Å². The Hall–Kier alpha value is -2.50. The summed E-state index contributed by atoms with van der Waals surface area (Å²) in [5.41, 5.74) is 0.268. The SMILES string of the molecule is CCNc1cccc(C(=O)Nc2ccc(F)cn2)n1. The smallest absolute Gasteiger partial charge is 0.275 e. The van der Waals surface area contributed by atoms with Crippen LogP contribution < -0.4 is 10.6 Å². The molecule has 0 saturated carbocycles. The molecule has 0 aliphatic heterocycles. The number of nitrogens with zero attached hydrogens (tertiary/aromatic N) is 2. The fourth-order valence-electron chi connectivity index (χ4n) is 1.47. The predicted molar refractivity (Wildman–Crippen MR) is 70.5 cm³/mol. The first-order chi connectivity index (χ1) is 9.19. The first-order valence-electron chi connectivity index (χ1n) is 5.83. The van der Waals surface area contributed by atoms with Crippen LogP contribution in [0, 0.1) is 5.82 Å². The molecule has 0 atom stereocenters. The molecular weight excluding hydrogens is 247 g/mol. The molecule has 0 radical (unpaired) electrons. The molecular formula is C13H13FN4O. The molecule has 0 fully saturated rings. The first-order valence-corrected chi connectivity index (χ1v) is 5.83. The minimum atomic E-state index is -0.453. The van der Waals surface area contributed by atoms with Gasteiger partial charge in [0, 0.05) is 6.54 Å². The van der Waals surface area contributed by atoms with E-state index in [9.17, 15) is 9.18 Å². The highest BCUT2D eigenvalue weighted by Gasteiger charge is 2.09. The summed E-state index contributed by atoms with van der Waals surface area (Å²) in [6, 6.07) is 7.72. The molecule has 0 aliphatic rings. The van der Waals surface area contributed by atoms with Crippen molar-refractivity contribution in [2.24, 2.45) is 0 Å². The minimum absolute atomic E-state index is 0.268. The van der Waals surface area contributed by atoms with E-state index in [2.05, 4.69) is 20.6 Å². The molecule has 2 aromatic rings. The van der Waals surface area contributed by atoms with Crippen LogP contribution in [0.1, 0.15) is 17.4 Å². The van der Waals surface area contributed by atoms with Gasteiger partial charge in [-0.15, -0.1) is 0 Å². The number of aromatic nitrogens is 2. The van der Waals surface area contributed by atoms with Crippen LogP contribution in [0.5, 0.6) is 0 Å². The fraction of sp³-hybridized carbons (Fsp3) is 0.154. The van der Waals surface area contributed by atoms with Gasteiger partial charge in [-0.1, -0.05) is 6.07 Å². The van der Waals surface area contributed by atoms with Gasteiger partial charge in [0.1, 0.15) is 23.1 Å². The molecule has 0 unspecified atom stereocenters. The monoisotopic (exact) mass is 260 g/mol. The summed E-state index contributed by atoms with van der Waals surface area (Å²) in [6.45, 7) is 2.66. The first kappa shape index (κ1) is 12.9. The Kier molecular flexibility index (Phi) is 4.02. The van der Waals surface area contributed by atoms with Crippen LogP contribution in [-0.4, -0.2) is 22.4 Å². The van der Waals surface area contributed by atoms with Crippen molar-refractivity contribution in [1.82, 2.24) is 9.97 Å². The zero-order chi connectivity index (χ0) is 13.7. The maximum absolute atomic E-state index is 12.7. The molecule has 6 heteroatoms. The number of hydrogen-bond acceptors (Lipinski definition) is 4. The van der Waals surface area contributed by atoms with Crippen molar-refractivity contribution in [3.05, 3.63) is 48.0 Å². The second-order valence-corrected chi connectivity index (χ2v) is 3.75. The lowest BCUT2D eigenvalue weighted by atomic mass is 10.3. The number of amides is 1. The average molecular weight is 260 g/mol. The summed E-state index contributed by atoms with van der Waals surface area (Å²) in [4.78, 5) is 19.8. The average Bonchev–Trinajstić information content (AvgIpc) is 2.42. The van der Waals surface area contributed by atoms with Gasteiger partial charge >= 0.3 is 0 Å². The van der Waals surface area contributed by atoms with Crippen molar-refractivity contribution in [2.45, 2.75) is 6.92 Å². The molecule has 2 N–H and O–H groups in total. The number of anilines is 2. The molecule has 2 heterocycles. The van der Waals surface area contributed by atoms with Crippen molar-refractivity contribution < 1.29 is 9.18 Å². The van der Waals surface area contributed by atoms with E-state index in [4.69, 9.17) is 0 Å². The summed E-state index contributed by atoms with van der Waals surface area (Å²) in [6.07, 6.45) is 1.04. The number of carbonyl (C=O) groups excluding carboxylic acids is 1. The Labute approximate surface area is 109 Å². The summed E-state index contributed by atoms with van der Waals surface area (Å²) in [5.74, 6) is 0.0633. The zero-order valence-corrected chi connectivity index (χ0v) is 10.4. The van der Waals surface area contributed by atoms with Gasteiger partial charge in [-0.05, 0) is 31.2 Å². The zero-order valence-electron chi connectivity index (χ0n) is 10.4. The third kappa shape index (κ3) is 3.48. The van der Waals surface area contributed by atoms with E-state index in [1.54, 1.807) is 18.2 Å². The largest absolute Gasteiger partial charge is 0.370 e. The van der Waals surface area contributed by atoms with Crippen LogP contribution in [0.3, 0.4) is 0 Å². The van der Waals surface area contributed by atoms with Gasteiger partial charge in [-0.3, -0.25) is 4.79 Å². The van der Waals surface area contributed by atoms with Gasteiger partial charge in [0.05, 0.1) is 6.20 Å². The lowest BCUT2D eigenvalue weighted by Gasteiger charge is -2.06. The highest BCUT2D eigenvalue weighted by Crippen LogP contribution is 2.08. The van der Waals surface area contributed by atoms with Gasteiger partial charge in [0.15, 0.2) is 0 Å². The Bertz CT molecular complexity index is 571. The molecule has 0 saturated heterocycles. The van der Waals surface area contributed by atoms with Crippen LogP contribution >= 0.6 is 0 Å². The van der Waals surface area contributed by atoms with Crippen molar-refractivity contribution in [1.29, 1.82) is 0 Å². The van der Waals surface area contributed by atoms with Gasteiger partial charge in [0.2, 0.25) is 0 Å². The lowest BCUT2D eigenvalue weighted by molar-refractivity contribution is 0.102. The maximum Gasteiger partial charge on any atom is 0.275 e. The molecule has 2 aromatic heterocycles. The normalized spacial score (nSPS) is 10.0. The summed E-state index contributed by atoms with van der Waals surface area (Å²) < 4.78 is 12.7. The van der Waals surface area contributed by atoms with E-state index in [1.807, 2.05) is 6.92 Å². The molecule has 5 nitrogen and oxygen atoms in total. The van der Waals surface area contributed by atoms with Crippen LogP contribution in [0.15, 0.2) is 36.5 Å². The number of nitrogens with one attached hydrogen (secondary N) is 2. The van der Waals surface area contributed by atoms with Crippen molar-refractivity contribution in [3.63, 3.8) is 0 Å². The van der Waals surface area contributed by atoms with E-state index in [-0.39, 0.29) is 17.4 Å². The molecule has 98 valence electrons. The lowest BCUT2D eigenvalue weighted by Crippen LogP contribution is -2.15. The number of hydrogen-bond donors (Lipinski definition) is 2. The third-order valence-electron chi connectivity index (χ3n) is 2.31. The van der Waals surface area contributed by atoms with Crippen molar-refractivity contribution >= 4 is 17.5 Å². The predicted octanol–water partition coefficient (Wildman–Crippen LogP) is 2.30. The standard InChI is InChI=1S/C13H13FN4O/c1-2-15-11-5-3-4-10(17-11)13(19)18-12-7-6-9(14)8-16-12/h3-8H,2H2,1H3,(H,15,17)(H,16,18,19). The number of halogens is 1. The third-order valence-corrected chi connectivity index (χ3v) is 2.31. The maximum atomic E-state index is 12.7. The van der Waals surface area contributed by atoms with Gasteiger partial charge < -0.3 is 10.6 Å². The van der Waals surface area contributed by atoms with Gasteiger partial charge in [-0.2, -0.15) is 0 Å².